The normalized spacial score (nSPS) is 28.5. The molecule has 1 atom stereocenters. The van der Waals surface area contributed by atoms with Gasteiger partial charge in [0.2, 0.25) is 0 Å². The molecule has 2 nitrogen and oxygen atoms in total. The summed E-state index contributed by atoms with van der Waals surface area (Å²) in [6.07, 6.45) is 2.63. The largest absolute Gasteiger partial charge is 0.297 e. The summed E-state index contributed by atoms with van der Waals surface area (Å²) in [6.45, 7) is 3.32. The minimum Gasteiger partial charge on any atom is -0.297 e. The van der Waals surface area contributed by atoms with Gasteiger partial charge in [0.15, 0.2) is 5.78 Å². The molecule has 0 aromatic carbocycles. The van der Waals surface area contributed by atoms with E-state index >= 15 is 0 Å². The Hall–Kier alpha value is -0.660. The number of carbonyl (C=O) groups excluding carboxylic acids is 1. The van der Waals surface area contributed by atoms with Gasteiger partial charge in [-0.05, 0) is 19.6 Å². The quantitative estimate of drug-likeness (QED) is 0.460. The molecule has 1 aliphatic carbocycles. The minimum atomic E-state index is -0.0602. The van der Waals surface area contributed by atoms with E-state index in [1.807, 2.05) is 0 Å². The molecule has 0 spiro atoms. The lowest BCUT2D eigenvalue weighted by molar-refractivity contribution is -0.118. The van der Waals surface area contributed by atoms with E-state index in [1.165, 1.54) is 0 Å². The maximum atomic E-state index is 10.7. The molecule has 0 radical (unpaired) electrons. The number of carbonyl (C=O) groups is 1. The van der Waals surface area contributed by atoms with Crippen LogP contribution in [0.15, 0.2) is 4.99 Å². The number of Topliss-reactive ketones (excluding diaryl/α,β-unsaturated/α-hetero) is 1. The van der Waals surface area contributed by atoms with E-state index in [0.29, 0.717) is 6.42 Å². The van der Waals surface area contributed by atoms with Gasteiger partial charge in [-0.1, -0.05) is 0 Å². The summed E-state index contributed by atoms with van der Waals surface area (Å²) in [7, 11) is 0. The number of hydrogen-bond acceptors (Lipinski definition) is 2. The molecule has 0 amide bonds. The first-order valence-corrected chi connectivity index (χ1v) is 2.83. The van der Waals surface area contributed by atoms with E-state index < -0.39 is 0 Å². The molecule has 1 saturated carbocycles. The lowest BCUT2D eigenvalue weighted by Crippen LogP contribution is -2.08. The molecule has 0 aromatic heterocycles. The highest BCUT2D eigenvalue weighted by molar-refractivity contribution is 5.86. The van der Waals surface area contributed by atoms with Crippen molar-refractivity contribution in [1.29, 1.82) is 0 Å². The fourth-order valence-electron chi connectivity index (χ4n) is 0.990. The molecule has 44 valence electrons. The van der Waals surface area contributed by atoms with Gasteiger partial charge in [0.25, 0.3) is 0 Å². The third-order valence-electron chi connectivity index (χ3n) is 1.49. The first-order valence-electron chi connectivity index (χ1n) is 2.83. The maximum Gasteiger partial charge on any atom is 0.157 e. The highest BCUT2D eigenvalue weighted by atomic mass is 16.1. The van der Waals surface area contributed by atoms with E-state index in [9.17, 15) is 4.79 Å². The van der Waals surface area contributed by atoms with Crippen LogP contribution in [0.3, 0.4) is 0 Å². The number of rotatable bonds is 1. The number of nitrogens with zero attached hydrogens (tertiary/aromatic N) is 1. The van der Waals surface area contributed by atoms with Crippen molar-refractivity contribution in [3.63, 3.8) is 0 Å². The molecule has 0 saturated heterocycles. The van der Waals surface area contributed by atoms with E-state index in [4.69, 9.17) is 0 Å². The average Bonchev–Trinajstić information content (AvgIpc) is 2.14. The molecule has 0 N–H and O–H groups in total. The van der Waals surface area contributed by atoms with Gasteiger partial charge in [0, 0.05) is 6.42 Å². The SMILES string of the molecule is C=N[C@@H]1CCCC1=O. The molecule has 0 heterocycles. The van der Waals surface area contributed by atoms with Gasteiger partial charge in [-0.2, -0.15) is 0 Å². The predicted molar refractivity (Wildman–Crippen MR) is 32.2 cm³/mol. The predicted octanol–water partition coefficient (Wildman–Crippen LogP) is 0.809. The second-order valence-corrected chi connectivity index (χ2v) is 2.06. The maximum absolute atomic E-state index is 10.7. The second-order valence-electron chi connectivity index (χ2n) is 2.06. The molecular formula is C6H9NO. The summed E-state index contributed by atoms with van der Waals surface area (Å²) >= 11 is 0. The Kier molecular flexibility index (Phi) is 1.42. The zero-order chi connectivity index (χ0) is 5.98. The van der Waals surface area contributed by atoms with Gasteiger partial charge in [-0.25, -0.2) is 0 Å². The first kappa shape index (κ1) is 5.48. The standard InChI is InChI=1S/C6H9NO/c1-7-5-3-2-4-6(5)8/h5H,1-4H2/t5-/m1/s1. The molecule has 8 heavy (non-hydrogen) atoms. The van der Waals surface area contributed by atoms with Crippen LogP contribution in [-0.2, 0) is 4.79 Å². The van der Waals surface area contributed by atoms with Crippen molar-refractivity contribution in [1.82, 2.24) is 0 Å². The third-order valence-corrected chi connectivity index (χ3v) is 1.49. The molecule has 0 aromatic rings. The van der Waals surface area contributed by atoms with Crippen molar-refractivity contribution in [2.45, 2.75) is 25.3 Å². The summed E-state index contributed by atoms with van der Waals surface area (Å²) in [5.74, 6) is 0.264. The highest BCUT2D eigenvalue weighted by Crippen LogP contribution is 2.16. The Balaban J connectivity index is 2.54. The Morgan fingerprint density at radius 3 is 2.75 bits per heavy atom. The second kappa shape index (κ2) is 2.07. The zero-order valence-corrected chi connectivity index (χ0v) is 4.76. The molecule has 1 fully saturated rings. The minimum absolute atomic E-state index is 0.0602. The first-order chi connectivity index (χ1) is 3.84. The Labute approximate surface area is 48.6 Å². The summed E-state index contributed by atoms with van der Waals surface area (Å²) < 4.78 is 0. The zero-order valence-electron chi connectivity index (χ0n) is 4.76. The van der Waals surface area contributed by atoms with Crippen molar-refractivity contribution < 1.29 is 4.79 Å². The van der Waals surface area contributed by atoms with Crippen LogP contribution in [0, 0.1) is 0 Å². The molecule has 1 aliphatic rings. The van der Waals surface area contributed by atoms with Gasteiger partial charge in [0.1, 0.15) is 6.04 Å². The fraction of sp³-hybridized carbons (Fsp3) is 0.667. The van der Waals surface area contributed by atoms with Gasteiger partial charge >= 0.3 is 0 Å². The Morgan fingerprint density at radius 2 is 2.50 bits per heavy atom. The van der Waals surface area contributed by atoms with E-state index in [2.05, 4.69) is 11.7 Å². The van der Waals surface area contributed by atoms with Crippen LogP contribution in [0.1, 0.15) is 19.3 Å². The monoisotopic (exact) mass is 111 g/mol. The van der Waals surface area contributed by atoms with Crippen LogP contribution in [0.2, 0.25) is 0 Å². The van der Waals surface area contributed by atoms with Crippen LogP contribution >= 0.6 is 0 Å². The van der Waals surface area contributed by atoms with Crippen LogP contribution in [0.25, 0.3) is 0 Å². The smallest absolute Gasteiger partial charge is 0.157 e. The van der Waals surface area contributed by atoms with Crippen LogP contribution in [0.4, 0.5) is 0 Å². The van der Waals surface area contributed by atoms with Crippen molar-refractivity contribution in [2.75, 3.05) is 0 Å². The van der Waals surface area contributed by atoms with Crippen molar-refractivity contribution in [3.8, 4) is 0 Å². The van der Waals surface area contributed by atoms with Crippen molar-refractivity contribution in [3.05, 3.63) is 0 Å². The van der Waals surface area contributed by atoms with Gasteiger partial charge in [-0.3, -0.25) is 9.79 Å². The third kappa shape index (κ3) is 0.782. The molecule has 1 rings (SSSR count). The summed E-state index contributed by atoms with van der Waals surface area (Å²) in [5.41, 5.74) is 0. The molecule has 0 unspecified atom stereocenters. The lowest BCUT2D eigenvalue weighted by atomic mass is 10.2. The van der Waals surface area contributed by atoms with Crippen LogP contribution in [-0.4, -0.2) is 18.5 Å². The van der Waals surface area contributed by atoms with Gasteiger partial charge < -0.3 is 0 Å². The fourth-order valence-corrected chi connectivity index (χ4v) is 0.990. The van der Waals surface area contributed by atoms with E-state index in [-0.39, 0.29) is 11.8 Å². The highest BCUT2D eigenvalue weighted by Gasteiger charge is 2.21. The van der Waals surface area contributed by atoms with Crippen molar-refractivity contribution in [2.24, 2.45) is 4.99 Å². The molecule has 0 bridgehead atoms. The topological polar surface area (TPSA) is 29.4 Å². The van der Waals surface area contributed by atoms with Gasteiger partial charge in [0.05, 0.1) is 0 Å². The van der Waals surface area contributed by atoms with Crippen LogP contribution < -0.4 is 0 Å². The number of hydrogen-bond donors (Lipinski definition) is 0. The van der Waals surface area contributed by atoms with Crippen LogP contribution in [0.5, 0.6) is 0 Å². The number of aliphatic imine (C=N–C) groups is 1. The van der Waals surface area contributed by atoms with E-state index in [0.717, 1.165) is 12.8 Å². The molecule has 0 aliphatic heterocycles. The Bertz CT molecular complexity index is 120. The molecule has 2 heteroatoms. The van der Waals surface area contributed by atoms with E-state index in [1.54, 1.807) is 0 Å². The van der Waals surface area contributed by atoms with Gasteiger partial charge in [-0.15, -0.1) is 0 Å². The average molecular weight is 111 g/mol. The lowest BCUT2D eigenvalue weighted by Gasteiger charge is -1.94. The summed E-state index contributed by atoms with van der Waals surface area (Å²) in [4.78, 5) is 14.3. The van der Waals surface area contributed by atoms with Crippen molar-refractivity contribution >= 4 is 12.5 Å². The Morgan fingerprint density at radius 1 is 1.75 bits per heavy atom. The summed E-state index contributed by atoms with van der Waals surface area (Å²) in [6, 6.07) is -0.0602. The number of ketones is 1. The summed E-state index contributed by atoms with van der Waals surface area (Å²) in [5, 5.41) is 0. The molecular weight excluding hydrogens is 102 g/mol.